The maximum Gasteiger partial charge on any atom is 0.281 e. The van der Waals surface area contributed by atoms with Gasteiger partial charge in [0.2, 0.25) is 0 Å². The minimum absolute atomic E-state index is 0.131. The minimum Gasteiger partial charge on any atom is -0.317 e. The molecule has 1 heterocycles. The number of nitrogens with one attached hydrogen (secondary N) is 1. The molecule has 0 unspecified atom stereocenters. The van der Waals surface area contributed by atoms with Gasteiger partial charge in [-0.15, -0.1) is 0 Å². The first-order valence-electron chi connectivity index (χ1n) is 8.69. The van der Waals surface area contributed by atoms with Crippen molar-refractivity contribution in [3.63, 3.8) is 0 Å². The van der Waals surface area contributed by atoms with Gasteiger partial charge in [-0.1, -0.05) is 27.7 Å². The first-order valence-corrected chi connectivity index (χ1v) is 10.1. The molecule has 0 saturated carbocycles. The largest absolute Gasteiger partial charge is 0.317 e. The molecule has 0 amide bonds. The number of piperidine rings is 1. The molecule has 0 spiro atoms. The number of hydrogen-bond acceptors (Lipinski definition) is 3. The summed E-state index contributed by atoms with van der Waals surface area (Å²) in [5, 5.41) is 3.30. The van der Waals surface area contributed by atoms with E-state index >= 15 is 0 Å². The van der Waals surface area contributed by atoms with Gasteiger partial charge in [-0.3, -0.25) is 0 Å². The highest BCUT2D eigenvalue weighted by Crippen LogP contribution is 2.19. The third-order valence-corrected chi connectivity index (χ3v) is 6.47. The SMILES string of the molecule is CC(C)CCN(CCC(C)C)S(=O)(=O)N(C)C1CCNCC1. The van der Waals surface area contributed by atoms with Gasteiger partial charge in [0.15, 0.2) is 0 Å². The fraction of sp³-hybridized carbons (Fsp3) is 1.00. The van der Waals surface area contributed by atoms with Crippen molar-refractivity contribution in [2.75, 3.05) is 33.2 Å². The Labute approximate surface area is 137 Å². The van der Waals surface area contributed by atoms with Crippen LogP contribution in [0.1, 0.15) is 53.4 Å². The molecule has 0 aromatic carbocycles. The summed E-state index contributed by atoms with van der Waals surface area (Å²) in [6.07, 6.45) is 3.63. The van der Waals surface area contributed by atoms with Crippen molar-refractivity contribution in [3.05, 3.63) is 0 Å². The third kappa shape index (κ3) is 6.14. The van der Waals surface area contributed by atoms with Crippen LogP contribution in [-0.4, -0.2) is 56.3 Å². The Morgan fingerprint density at radius 1 is 1.00 bits per heavy atom. The van der Waals surface area contributed by atoms with E-state index in [0.29, 0.717) is 24.9 Å². The molecule has 0 aromatic heterocycles. The number of hydrogen-bond donors (Lipinski definition) is 1. The maximum atomic E-state index is 13.0. The zero-order valence-electron chi connectivity index (χ0n) is 15.0. The van der Waals surface area contributed by atoms with E-state index < -0.39 is 10.2 Å². The molecule has 1 saturated heterocycles. The number of nitrogens with zero attached hydrogens (tertiary/aromatic N) is 2. The molecule has 1 aliphatic heterocycles. The molecule has 0 atom stereocenters. The van der Waals surface area contributed by atoms with Crippen LogP contribution in [0.3, 0.4) is 0 Å². The molecule has 6 heteroatoms. The molecule has 1 rings (SSSR count). The van der Waals surface area contributed by atoms with Crippen LogP contribution in [0.2, 0.25) is 0 Å². The van der Waals surface area contributed by atoms with Gasteiger partial charge in [-0.2, -0.15) is 17.0 Å². The predicted octanol–water partition coefficient (Wildman–Crippen LogP) is 2.31. The van der Waals surface area contributed by atoms with Gasteiger partial charge < -0.3 is 5.32 Å². The van der Waals surface area contributed by atoms with Crippen LogP contribution in [0.4, 0.5) is 0 Å². The van der Waals surface area contributed by atoms with Gasteiger partial charge in [0.25, 0.3) is 10.2 Å². The molecule has 1 fully saturated rings. The quantitative estimate of drug-likeness (QED) is 0.704. The van der Waals surface area contributed by atoms with E-state index in [1.54, 1.807) is 15.7 Å². The summed E-state index contributed by atoms with van der Waals surface area (Å²) in [5.41, 5.74) is 0. The van der Waals surface area contributed by atoms with Gasteiger partial charge in [0, 0.05) is 26.2 Å². The van der Waals surface area contributed by atoms with E-state index in [2.05, 4.69) is 33.0 Å². The van der Waals surface area contributed by atoms with E-state index in [9.17, 15) is 8.42 Å². The van der Waals surface area contributed by atoms with Crippen molar-refractivity contribution in [2.45, 2.75) is 59.4 Å². The van der Waals surface area contributed by atoms with Crippen molar-refractivity contribution < 1.29 is 8.42 Å². The minimum atomic E-state index is -3.35. The highest BCUT2D eigenvalue weighted by Gasteiger charge is 2.32. The summed E-state index contributed by atoms with van der Waals surface area (Å²) in [4.78, 5) is 0. The Hall–Kier alpha value is -0.170. The van der Waals surface area contributed by atoms with E-state index in [1.165, 1.54) is 0 Å². The van der Waals surface area contributed by atoms with Gasteiger partial charge in [-0.05, 0) is 50.6 Å². The maximum absolute atomic E-state index is 13.0. The number of rotatable bonds is 9. The van der Waals surface area contributed by atoms with Gasteiger partial charge in [0.1, 0.15) is 0 Å². The summed E-state index contributed by atoms with van der Waals surface area (Å²) in [5.74, 6) is 1.03. The lowest BCUT2D eigenvalue weighted by Crippen LogP contribution is -2.50. The lowest BCUT2D eigenvalue weighted by Gasteiger charge is -2.35. The second kappa shape index (κ2) is 9.21. The molecule has 0 bridgehead atoms. The van der Waals surface area contributed by atoms with Crippen molar-refractivity contribution >= 4 is 10.2 Å². The molecule has 0 aromatic rings. The highest BCUT2D eigenvalue weighted by molar-refractivity contribution is 7.86. The molecule has 1 N–H and O–H groups in total. The average Bonchev–Trinajstić information content (AvgIpc) is 2.46. The van der Waals surface area contributed by atoms with E-state index in [4.69, 9.17) is 0 Å². The first-order chi connectivity index (χ1) is 10.2. The second-order valence-corrected chi connectivity index (χ2v) is 9.26. The van der Waals surface area contributed by atoms with E-state index in [-0.39, 0.29) is 6.04 Å². The predicted molar refractivity (Wildman–Crippen MR) is 93.1 cm³/mol. The zero-order valence-corrected chi connectivity index (χ0v) is 15.8. The van der Waals surface area contributed by atoms with Crippen LogP contribution in [-0.2, 0) is 10.2 Å². The monoisotopic (exact) mass is 333 g/mol. The van der Waals surface area contributed by atoms with E-state index in [0.717, 1.165) is 38.8 Å². The van der Waals surface area contributed by atoms with Crippen LogP contribution in [0, 0.1) is 11.8 Å². The highest BCUT2D eigenvalue weighted by atomic mass is 32.2. The van der Waals surface area contributed by atoms with Crippen LogP contribution in [0.15, 0.2) is 0 Å². The first kappa shape index (κ1) is 19.9. The summed E-state index contributed by atoms with van der Waals surface area (Å²) >= 11 is 0. The van der Waals surface area contributed by atoms with Crippen LogP contribution < -0.4 is 5.32 Å². The Morgan fingerprint density at radius 3 is 1.86 bits per heavy atom. The Morgan fingerprint density at radius 2 is 1.45 bits per heavy atom. The van der Waals surface area contributed by atoms with Gasteiger partial charge in [-0.25, -0.2) is 0 Å². The fourth-order valence-electron chi connectivity index (χ4n) is 2.69. The molecule has 22 heavy (non-hydrogen) atoms. The van der Waals surface area contributed by atoms with Crippen molar-refractivity contribution in [1.82, 2.24) is 13.9 Å². The summed E-state index contributed by atoms with van der Waals surface area (Å²) in [6.45, 7) is 11.6. The van der Waals surface area contributed by atoms with Crippen LogP contribution >= 0.6 is 0 Å². The molecule has 5 nitrogen and oxygen atoms in total. The molecule has 132 valence electrons. The molecule has 0 radical (unpaired) electrons. The third-order valence-electron chi connectivity index (χ3n) is 4.42. The Kier molecular flexibility index (Phi) is 8.32. The van der Waals surface area contributed by atoms with Crippen LogP contribution in [0.25, 0.3) is 0 Å². The van der Waals surface area contributed by atoms with Crippen molar-refractivity contribution in [1.29, 1.82) is 0 Å². The molecule has 0 aliphatic carbocycles. The average molecular weight is 334 g/mol. The van der Waals surface area contributed by atoms with Crippen LogP contribution in [0.5, 0.6) is 0 Å². The topological polar surface area (TPSA) is 52.7 Å². The fourth-order valence-corrected chi connectivity index (χ4v) is 4.31. The summed E-state index contributed by atoms with van der Waals surface area (Å²) < 4.78 is 29.3. The molecular formula is C16H35N3O2S. The normalized spacial score (nSPS) is 18.0. The van der Waals surface area contributed by atoms with E-state index in [1.807, 2.05) is 0 Å². The van der Waals surface area contributed by atoms with Gasteiger partial charge >= 0.3 is 0 Å². The lowest BCUT2D eigenvalue weighted by molar-refractivity contribution is 0.263. The molecule has 1 aliphatic rings. The smallest absolute Gasteiger partial charge is 0.281 e. The van der Waals surface area contributed by atoms with Crippen molar-refractivity contribution in [2.24, 2.45) is 11.8 Å². The standard InChI is InChI=1S/C16H35N3O2S/c1-14(2)8-12-19(13-9-15(3)4)22(20,21)18(5)16-6-10-17-11-7-16/h14-17H,6-13H2,1-5H3. The van der Waals surface area contributed by atoms with Crippen molar-refractivity contribution in [3.8, 4) is 0 Å². The lowest BCUT2D eigenvalue weighted by atomic mass is 10.1. The zero-order chi connectivity index (χ0) is 16.8. The Bertz CT molecular complexity index is 392. The second-order valence-electron chi connectivity index (χ2n) is 7.27. The Balaban J connectivity index is 2.78. The summed E-state index contributed by atoms with van der Waals surface area (Å²) in [7, 11) is -1.60. The summed E-state index contributed by atoms with van der Waals surface area (Å²) in [6, 6.07) is 0.131. The molecular weight excluding hydrogens is 298 g/mol. The van der Waals surface area contributed by atoms with Gasteiger partial charge in [0.05, 0.1) is 0 Å².